The molecule has 1 aromatic rings. The topological polar surface area (TPSA) is 24.9 Å². The summed E-state index contributed by atoms with van der Waals surface area (Å²) in [4.78, 5) is 6.11. The predicted molar refractivity (Wildman–Crippen MR) is 88.4 cm³/mol. The molecule has 1 aliphatic carbocycles. The Balaban J connectivity index is 2.13. The molecule has 0 saturated heterocycles. The molecule has 0 radical (unpaired) electrons. The van der Waals surface area contributed by atoms with Gasteiger partial charge < -0.3 is 5.32 Å². The third kappa shape index (κ3) is 2.67. The minimum Gasteiger partial charge on any atom is -0.313 e. The van der Waals surface area contributed by atoms with Crippen molar-refractivity contribution < 1.29 is 0 Å². The molecule has 0 amide bonds. The number of nitrogens with one attached hydrogen (secondary N) is 1. The third-order valence-corrected chi connectivity index (χ3v) is 6.75. The number of aryl methyl sites for hydroxylation is 2. The van der Waals surface area contributed by atoms with Crippen molar-refractivity contribution in [1.29, 1.82) is 0 Å². The SMILES string of the molecule is CCCNC(Cc1nc(C)c(C)s1)C1C(C)(C)C1(C)C. The summed E-state index contributed by atoms with van der Waals surface area (Å²) in [7, 11) is 0. The van der Waals surface area contributed by atoms with E-state index in [-0.39, 0.29) is 0 Å². The van der Waals surface area contributed by atoms with Gasteiger partial charge in [-0.25, -0.2) is 4.98 Å². The molecule has 1 unspecified atom stereocenters. The van der Waals surface area contributed by atoms with E-state index < -0.39 is 0 Å². The summed E-state index contributed by atoms with van der Waals surface area (Å²) in [5.41, 5.74) is 2.06. The molecule has 0 aromatic carbocycles. The van der Waals surface area contributed by atoms with Crippen LogP contribution in [0, 0.1) is 30.6 Å². The van der Waals surface area contributed by atoms with E-state index in [1.807, 2.05) is 11.3 Å². The van der Waals surface area contributed by atoms with Gasteiger partial charge in [-0.05, 0) is 43.6 Å². The van der Waals surface area contributed by atoms with Crippen molar-refractivity contribution in [2.45, 2.75) is 67.3 Å². The molecule has 20 heavy (non-hydrogen) atoms. The van der Waals surface area contributed by atoms with Crippen LogP contribution in [0.25, 0.3) is 0 Å². The van der Waals surface area contributed by atoms with Gasteiger partial charge in [0.05, 0.1) is 10.7 Å². The second kappa shape index (κ2) is 5.42. The molecule has 2 nitrogen and oxygen atoms in total. The Bertz CT molecular complexity index is 440. The van der Waals surface area contributed by atoms with Crippen LogP contribution in [0.3, 0.4) is 0 Å². The first-order valence-electron chi connectivity index (χ1n) is 7.88. The fourth-order valence-electron chi connectivity index (χ4n) is 3.71. The van der Waals surface area contributed by atoms with Crippen LogP contribution in [0.15, 0.2) is 0 Å². The number of hydrogen-bond acceptors (Lipinski definition) is 3. The summed E-state index contributed by atoms with van der Waals surface area (Å²) in [5.74, 6) is 0.742. The number of nitrogens with zero attached hydrogens (tertiary/aromatic N) is 1. The van der Waals surface area contributed by atoms with E-state index in [9.17, 15) is 0 Å². The minimum absolute atomic E-state index is 0.430. The van der Waals surface area contributed by atoms with E-state index in [4.69, 9.17) is 4.98 Å². The van der Waals surface area contributed by atoms with Crippen molar-refractivity contribution >= 4 is 11.3 Å². The Hall–Kier alpha value is -0.410. The Morgan fingerprint density at radius 1 is 1.20 bits per heavy atom. The van der Waals surface area contributed by atoms with Gasteiger partial charge in [0, 0.05) is 17.3 Å². The van der Waals surface area contributed by atoms with Gasteiger partial charge in [-0.15, -0.1) is 11.3 Å². The number of hydrogen-bond donors (Lipinski definition) is 1. The molecular formula is C17H30N2S. The normalized spacial score (nSPS) is 21.9. The van der Waals surface area contributed by atoms with Crippen LogP contribution in [0.1, 0.15) is 56.6 Å². The molecule has 1 heterocycles. The van der Waals surface area contributed by atoms with E-state index in [0.29, 0.717) is 16.9 Å². The molecule has 2 rings (SSSR count). The van der Waals surface area contributed by atoms with Gasteiger partial charge in [-0.1, -0.05) is 34.6 Å². The summed E-state index contributed by atoms with van der Waals surface area (Å²) in [5, 5.41) is 5.08. The van der Waals surface area contributed by atoms with Gasteiger partial charge >= 0.3 is 0 Å². The molecule has 3 heteroatoms. The lowest BCUT2D eigenvalue weighted by Crippen LogP contribution is -2.36. The fourth-order valence-corrected chi connectivity index (χ4v) is 4.70. The van der Waals surface area contributed by atoms with Crippen LogP contribution in [0.2, 0.25) is 0 Å². The maximum atomic E-state index is 4.74. The van der Waals surface area contributed by atoms with Crippen LogP contribution >= 0.6 is 11.3 Å². The first-order valence-corrected chi connectivity index (χ1v) is 8.69. The summed E-state index contributed by atoms with van der Waals surface area (Å²) in [6, 6.07) is 0.560. The van der Waals surface area contributed by atoms with Crippen molar-refractivity contribution in [2.24, 2.45) is 16.7 Å². The largest absolute Gasteiger partial charge is 0.313 e. The molecule has 1 saturated carbocycles. The molecule has 1 N–H and O–H groups in total. The number of thiazole rings is 1. The van der Waals surface area contributed by atoms with Crippen molar-refractivity contribution in [2.75, 3.05) is 6.54 Å². The van der Waals surface area contributed by atoms with Crippen molar-refractivity contribution in [3.63, 3.8) is 0 Å². The van der Waals surface area contributed by atoms with Gasteiger partial charge in [-0.3, -0.25) is 0 Å². The first-order chi connectivity index (χ1) is 9.21. The number of aromatic nitrogens is 1. The maximum Gasteiger partial charge on any atom is 0.0946 e. The summed E-state index contributed by atoms with van der Waals surface area (Å²) in [6.07, 6.45) is 2.27. The molecule has 1 aliphatic rings. The van der Waals surface area contributed by atoms with Gasteiger partial charge in [0.2, 0.25) is 0 Å². The van der Waals surface area contributed by atoms with Crippen LogP contribution in [0.4, 0.5) is 0 Å². The molecule has 1 aromatic heterocycles. The lowest BCUT2D eigenvalue weighted by molar-refractivity contribution is 0.395. The quantitative estimate of drug-likeness (QED) is 0.843. The summed E-state index contributed by atoms with van der Waals surface area (Å²) in [6.45, 7) is 17.3. The molecular weight excluding hydrogens is 264 g/mol. The van der Waals surface area contributed by atoms with Gasteiger partial charge in [0.1, 0.15) is 0 Å². The molecule has 1 atom stereocenters. The third-order valence-electron chi connectivity index (χ3n) is 5.66. The van der Waals surface area contributed by atoms with E-state index in [2.05, 4.69) is 53.8 Å². The van der Waals surface area contributed by atoms with E-state index in [0.717, 1.165) is 18.9 Å². The van der Waals surface area contributed by atoms with Crippen molar-refractivity contribution in [3.8, 4) is 0 Å². The highest BCUT2D eigenvalue weighted by molar-refractivity contribution is 7.11. The highest BCUT2D eigenvalue weighted by Gasteiger charge is 2.66. The van der Waals surface area contributed by atoms with Crippen LogP contribution < -0.4 is 5.32 Å². The predicted octanol–water partition coefficient (Wildman–Crippen LogP) is 4.35. The Morgan fingerprint density at radius 2 is 1.80 bits per heavy atom. The monoisotopic (exact) mass is 294 g/mol. The molecule has 0 aliphatic heterocycles. The van der Waals surface area contributed by atoms with Crippen LogP contribution in [-0.2, 0) is 6.42 Å². The van der Waals surface area contributed by atoms with E-state index >= 15 is 0 Å². The minimum atomic E-state index is 0.430. The number of rotatable bonds is 6. The van der Waals surface area contributed by atoms with Gasteiger partial charge in [0.15, 0.2) is 0 Å². The molecule has 114 valence electrons. The zero-order valence-corrected chi connectivity index (χ0v) is 14.9. The van der Waals surface area contributed by atoms with Crippen molar-refractivity contribution in [1.82, 2.24) is 10.3 Å². The second-order valence-corrected chi connectivity index (χ2v) is 8.72. The molecule has 0 bridgehead atoms. The van der Waals surface area contributed by atoms with E-state index in [1.54, 1.807) is 0 Å². The van der Waals surface area contributed by atoms with Crippen LogP contribution in [0.5, 0.6) is 0 Å². The zero-order chi connectivity index (χ0) is 15.1. The lowest BCUT2D eigenvalue weighted by atomic mass is 10.0. The Morgan fingerprint density at radius 3 is 2.20 bits per heavy atom. The van der Waals surface area contributed by atoms with Gasteiger partial charge in [-0.2, -0.15) is 0 Å². The average Bonchev–Trinajstić information content (AvgIpc) is 2.59. The smallest absolute Gasteiger partial charge is 0.0946 e. The highest BCUT2D eigenvalue weighted by atomic mass is 32.1. The first kappa shape index (κ1) is 16.0. The zero-order valence-electron chi connectivity index (χ0n) is 14.1. The van der Waals surface area contributed by atoms with Crippen molar-refractivity contribution in [3.05, 3.63) is 15.6 Å². The summed E-state index contributed by atoms with van der Waals surface area (Å²) >= 11 is 1.87. The van der Waals surface area contributed by atoms with E-state index in [1.165, 1.54) is 22.0 Å². The maximum absolute atomic E-state index is 4.74. The standard InChI is InChI=1S/C17H30N2S/c1-8-9-18-13(15-16(4,5)17(15,6)7)10-14-19-11(2)12(3)20-14/h13,15,18H,8-10H2,1-7H3. The molecule has 0 spiro atoms. The van der Waals surface area contributed by atoms with Gasteiger partial charge in [0.25, 0.3) is 0 Å². The average molecular weight is 295 g/mol. The molecule has 1 fully saturated rings. The van der Waals surface area contributed by atoms with Crippen LogP contribution in [-0.4, -0.2) is 17.6 Å². The highest BCUT2D eigenvalue weighted by Crippen LogP contribution is 2.69. The fraction of sp³-hybridized carbons (Fsp3) is 0.824. The lowest BCUT2D eigenvalue weighted by Gasteiger charge is -2.20. The Labute approximate surface area is 128 Å². The summed E-state index contributed by atoms with van der Waals surface area (Å²) < 4.78 is 0. The second-order valence-electron chi connectivity index (χ2n) is 7.43. The Kier molecular flexibility index (Phi) is 4.32.